The summed E-state index contributed by atoms with van der Waals surface area (Å²) in [5.41, 5.74) is -1.28. The lowest BCUT2D eigenvalue weighted by atomic mass is 10.0. The number of aromatic amines is 1. The van der Waals surface area contributed by atoms with E-state index >= 15 is 4.39 Å². The van der Waals surface area contributed by atoms with Crippen molar-refractivity contribution in [2.45, 2.75) is 4.21 Å². The number of carbonyl (C=O) groups is 1. The molecule has 13 heteroatoms. The van der Waals surface area contributed by atoms with Crippen LogP contribution < -0.4 is 4.72 Å². The van der Waals surface area contributed by atoms with Crippen LogP contribution in [0.25, 0.3) is 21.7 Å². The van der Waals surface area contributed by atoms with Gasteiger partial charge in [0.1, 0.15) is 15.7 Å². The number of benzene rings is 1. The molecule has 0 fully saturated rings. The van der Waals surface area contributed by atoms with Gasteiger partial charge in [-0.15, -0.1) is 11.3 Å². The predicted octanol–water partition coefficient (Wildman–Crippen LogP) is 5.24. The molecule has 0 aliphatic rings. The summed E-state index contributed by atoms with van der Waals surface area (Å²) in [5.74, 6) is -3.15. The molecule has 1 aromatic carbocycles. The number of halogens is 3. The second-order valence-corrected chi connectivity index (χ2v) is 10.4. The summed E-state index contributed by atoms with van der Waals surface area (Å²) in [6.07, 6.45) is 4.01. The quantitative estimate of drug-likeness (QED) is 0.295. The largest absolute Gasteiger partial charge is 0.355 e. The fourth-order valence-electron chi connectivity index (χ4n) is 3.27. The zero-order valence-electron chi connectivity index (χ0n) is 16.7. The number of thiophene rings is 1. The maximum absolute atomic E-state index is 15.3. The number of rotatable bonds is 6. The molecule has 34 heavy (non-hydrogen) atoms. The Kier molecular flexibility index (Phi) is 5.42. The number of nitrogens with one attached hydrogen (secondary N) is 2. The fraction of sp³-hybridized carbons (Fsp3) is 0. The van der Waals surface area contributed by atoms with Gasteiger partial charge in [0.2, 0.25) is 5.78 Å². The van der Waals surface area contributed by atoms with Crippen molar-refractivity contribution in [2.24, 2.45) is 0 Å². The van der Waals surface area contributed by atoms with Crippen LogP contribution in [-0.2, 0) is 10.0 Å². The van der Waals surface area contributed by atoms with E-state index in [1.807, 2.05) is 0 Å². The van der Waals surface area contributed by atoms with Crippen LogP contribution in [0, 0.1) is 11.6 Å². The van der Waals surface area contributed by atoms with E-state index in [0.717, 1.165) is 23.5 Å². The first-order valence-corrected chi connectivity index (χ1v) is 12.1. The molecule has 0 radical (unpaired) electrons. The number of ketones is 1. The Morgan fingerprint density at radius 1 is 1.18 bits per heavy atom. The third-order valence-corrected chi connectivity index (χ3v) is 8.00. The Morgan fingerprint density at radius 3 is 2.76 bits per heavy atom. The number of hydrogen-bond acceptors (Lipinski definition) is 7. The van der Waals surface area contributed by atoms with Crippen LogP contribution >= 0.6 is 22.9 Å². The van der Waals surface area contributed by atoms with Crippen LogP contribution in [0.5, 0.6) is 0 Å². The van der Waals surface area contributed by atoms with Crippen LogP contribution in [0.4, 0.5) is 14.5 Å². The van der Waals surface area contributed by atoms with Gasteiger partial charge in [0.05, 0.1) is 27.3 Å². The summed E-state index contributed by atoms with van der Waals surface area (Å²) in [7, 11) is -4.26. The van der Waals surface area contributed by atoms with Crippen molar-refractivity contribution in [1.82, 2.24) is 15.1 Å². The summed E-state index contributed by atoms with van der Waals surface area (Å²) < 4.78 is 62.4. The van der Waals surface area contributed by atoms with Crippen molar-refractivity contribution >= 4 is 55.5 Å². The molecule has 8 nitrogen and oxygen atoms in total. The second kappa shape index (κ2) is 8.31. The molecule has 5 rings (SSSR count). The van der Waals surface area contributed by atoms with Gasteiger partial charge in [0.25, 0.3) is 10.0 Å². The molecule has 0 aliphatic heterocycles. The van der Waals surface area contributed by atoms with Gasteiger partial charge in [-0.05, 0) is 30.3 Å². The maximum atomic E-state index is 15.3. The number of nitrogens with zero attached hydrogens (tertiary/aromatic N) is 2. The molecule has 0 saturated carbocycles. The molecule has 4 aromatic heterocycles. The highest BCUT2D eigenvalue weighted by molar-refractivity contribution is 7.94. The van der Waals surface area contributed by atoms with E-state index in [1.54, 1.807) is 6.07 Å². The molecular weight excluding hydrogens is 510 g/mol. The number of carbonyl (C=O) groups excluding carboxylic acids is 1. The number of aromatic nitrogens is 3. The SMILES string of the molecule is O=C(c1c(F)ccc(NS(=O)(=O)c2ccc(-c3ccno3)s2)c1F)c1c[nH]c2ncc(Cl)cc12. The highest BCUT2D eigenvalue weighted by atomic mass is 35.5. The third-order valence-electron chi connectivity index (χ3n) is 4.83. The topological polar surface area (TPSA) is 118 Å². The molecule has 172 valence electrons. The second-order valence-electron chi connectivity index (χ2n) is 6.97. The van der Waals surface area contributed by atoms with Gasteiger partial charge < -0.3 is 9.51 Å². The van der Waals surface area contributed by atoms with Crippen LogP contribution in [0.15, 0.2) is 63.7 Å². The molecule has 0 saturated heterocycles. The first kappa shape index (κ1) is 22.2. The van der Waals surface area contributed by atoms with E-state index in [1.165, 1.54) is 36.8 Å². The number of anilines is 1. The van der Waals surface area contributed by atoms with Crippen molar-refractivity contribution in [1.29, 1.82) is 0 Å². The smallest absolute Gasteiger partial charge is 0.271 e. The fourth-order valence-corrected chi connectivity index (χ4v) is 5.76. The van der Waals surface area contributed by atoms with Crippen LogP contribution in [-0.4, -0.2) is 29.3 Å². The highest BCUT2D eigenvalue weighted by Crippen LogP contribution is 2.33. The Balaban J connectivity index is 1.51. The van der Waals surface area contributed by atoms with Gasteiger partial charge in [-0.2, -0.15) is 0 Å². The van der Waals surface area contributed by atoms with Gasteiger partial charge in [-0.1, -0.05) is 16.8 Å². The molecule has 4 heterocycles. The summed E-state index contributed by atoms with van der Waals surface area (Å²) in [4.78, 5) is 20.3. The van der Waals surface area contributed by atoms with Gasteiger partial charge in [-0.25, -0.2) is 22.2 Å². The molecule has 0 amide bonds. The van der Waals surface area contributed by atoms with Crippen molar-refractivity contribution in [3.63, 3.8) is 0 Å². The minimum absolute atomic E-state index is 0.0715. The van der Waals surface area contributed by atoms with Crippen molar-refractivity contribution in [3.8, 4) is 10.6 Å². The Bertz CT molecular complexity index is 1660. The normalized spacial score (nSPS) is 11.7. The number of pyridine rings is 1. The lowest BCUT2D eigenvalue weighted by molar-refractivity contribution is 0.103. The first-order chi connectivity index (χ1) is 16.2. The molecule has 0 bridgehead atoms. The molecule has 0 spiro atoms. The summed E-state index contributed by atoms with van der Waals surface area (Å²) >= 11 is 6.80. The Hall–Kier alpha value is -3.61. The van der Waals surface area contributed by atoms with Crippen LogP contribution in [0.3, 0.4) is 0 Å². The number of fused-ring (bicyclic) bond motifs is 1. The number of sulfonamides is 1. The van der Waals surface area contributed by atoms with E-state index in [-0.39, 0.29) is 20.2 Å². The van der Waals surface area contributed by atoms with E-state index in [9.17, 15) is 17.6 Å². The predicted molar refractivity (Wildman–Crippen MR) is 122 cm³/mol. The van der Waals surface area contributed by atoms with Crippen molar-refractivity contribution in [2.75, 3.05) is 4.72 Å². The van der Waals surface area contributed by atoms with E-state index < -0.39 is 38.7 Å². The van der Waals surface area contributed by atoms with Crippen LogP contribution in [0.1, 0.15) is 15.9 Å². The Labute approximate surface area is 199 Å². The highest BCUT2D eigenvalue weighted by Gasteiger charge is 2.27. The lowest BCUT2D eigenvalue weighted by Crippen LogP contribution is -2.15. The monoisotopic (exact) mass is 520 g/mol. The molecule has 0 atom stereocenters. The molecule has 0 aliphatic carbocycles. The zero-order valence-corrected chi connectivity index (χ0v) is 19.1. The van der Waals surface area contributed by atoms with E-state index in [0.29, 0.717) is 16.3 Å². The summed E-state index contributed by atoms with van der Waals surface area (Å²) in [5, 5.41) is 4.06. The third kappa shape index (κ3) is 3.85. The van der Waals surface area contributed by atoms with Gasteiger partial charge >= 0.3 is 0 Å². The Morgan fingerprint density at radius 2 is 2.00 bits per heavy atom. The summed E-state index contributed by atoms with van der Waals surface area (Å²) in [6, 6.07) is 7.51. The molecule has 0 unspecified atom stereocenters. The zero-order chi connectivity index (χ0) is 24.0. The van der Waals surface area contributed by atoms with E-state index in [2.05, 4.69) is 19.8 Å². The first-order valence-electron chi connectivity index (χ1n) is 9.43. The number of H-pyrrole nitrogens is 1. The average Bonchev–Trinajstić information content (AvgIpc) is 3.55. The minimum Gasteiger partial charge on any atom is -0.355 e. The van der Waals surface area contributed by atoms with Gasteiger partial charge in [0.15, 0.2) is 11.6 Å². The standard InChI is InChI=1S/C21H11ClF2N4O4S2/c22-10-7-11-12(9-26-21(11)25-8-10)20(29)18-13(23)1-2-14(19(18)24)28-34(30,31)17-4-3-16(33-17)15-5-6-27-32-15/h1-9,28H,(H,25,26). The van der Waals surface area contributed by atoms with Crippen LogP contribution in [0.2, 0.25) is 5.02 Å². The van der Waals surface area contributed by atoms with Crippen molar-refractivity contribution < 1.29 is 26.5 Å². The van der Waals surface area contributed by atoms with Gasteiger partial charge in [-0.3, -0.25) is 9.52 Å². The molecule has 5 aromatic rings. The van der Waals surface area contributed by atoms with E-state index in [4.69, 9.17) is 16.1 Å². The average molecular weight is 521 g/mol. The maximum Gasteiger partial charge on any atom is 0.271 e. The minimum atomic E-state index is -4.26. The summed E-state index contributed by atoms with van der Waals surface area (Å²) in [6.45, 7) is 0. The number of hydrogen-bond donors (Lipinski definition) is 2. The molecular formula is C21H11ClF2N4O4S2. The lowest BCUT2D eigenvalue weighted by Gasteiger charge is -2.11. The van der Waals surface area contributed by atoms with Crippen molar-refractivity contribution in [3.05, 3.63) is 82.8 Å². The van der Waals surface area contributed by atoms with Gasteiger partial charge in [0, 0.05) is 29.4 Å². The molecule has 2 N–H and O–H groups in total.